The molecule has 0 radical (unpaired) electrons. The summed E-state index contributed by atoms with van der Waals surface area (Å²) >= 11 is 0. The molecule has 27 heavy (non-hydrogen) atoms. The van der Waals surface area contributed by atoms with Crippen molar-refractivity contribution >= 4 is 21.7 Å². The minimum Gasteiger partial charge on any atom is -0.497 e. The largest absolute Gasteiger partial charge is 0.497 e. The van der Waals surface area contributed by atoms with Gasteiger partial charge in [-0.3, -0.25) is 20.4 Å². The molecule has 0 unspecified atom stereocenters. The number of hydrazine groups is 1. The molecule has 8 nitrogen and oxygen atoms in total. The van der Waals surface area contributed by atoms with Gasteiger partial charge in [-0.15, -0.1) is 0 Å². The van der Waals surface area contributed by atoms with Crippen LogP contribution in [0.25, 0.3) is 0 Å². The number of benzene rings is 2. The lowest BCUT2D eigenvalue weighted by Crippen LogP contribution is -2.41. The fraction of sp³-hybridized carbons (Fsp3) is 0.222. The molecule has 0 aliphatic heterocycles. The quantitative estimate of drug-likeness (QED) is 0.718. The lowest BCUT2D eigenvalue weighted by Gasteiger charge is -2.10. The second kappa shape index (κ2) is 8.54. The Morgan fingerprint density at radius 3 is 1.96 bits per heavy atom. The summed E-state index contributed by atoms with van der Waals surface area (Å²) in [6, 6.07) is 10.8. The Morgan fingerprint density at radius 2 is 1.44 bits per heavy atom. The van der Waals surface area contributed by atoms with E-state index in [1.807, 2.05) is 0 Å². The average molecular weight is 392 g/mol. The van der Waals surface area contributed by atoms with Crippen LogP contribution in [0.1, 0.15) is 26.3 Å². The number of hydrogen-bond acceptors (Lipinski definition) is 6. The SMILES string of the molecule is COc1cc(OC)cc(C(=O)NNC(=O)c2cccc(CS(C)(=O)=O)c2)c1. The van der Waals surface area contributed by atoms with Gasteiger partial charge >= 0.3 is 0 Å². The standard InChI is InChI=1S/C18H20N2O6S/c1-25-15-8-14(9-16(10-15)26-2)18(22)20-19-17(21)13-6-4-5-12(7-13)11-27(3,23)24/h4-10H,11H2,1-3H3,(H,19,21)(H,20,22). The molecule has 9 heteroatoms. The minimum absolute atomic E-state index is 0.177. The highest BCUT2D eigenvalue weighted by Gasteiger charge is 2.13. The molecule has 2 rings (SSSR count). The molecule has 0 fully saturated rings. The molecule has 0 saturated carbocycles. The number of sulfone groups is 1. The van der Waals surface area contributed by atoms with E-state index < -0.39 is 21.7 Å². The number of carbonyl (C=O) groups excluding carboxylic acids is 2. The van der Waals surface area contributed by atoms with E-state index >= 15 is 0 Å². The van der Waals surface area contributed by atoms with Crippen LogP contribution in [-0.4, -0.2) is 40.7 Å². The summed E-state index contributed by atoms with van der Waals surface area (Å²) in [5.41, 5.74) is 5.53. The average Bonchev–Trinajstić information content (AvgIpc) is 2.64. The van der Waals surface area contributed by atoms with Crippen molar-refractivity contribution in [3.63, 3.8) is 0 Å². The number of methoxy groups -OCH3 is 2. The predicted molar refractivity (Wildman–Crippen MR) is 99.5 cm³/mol. The van der Waals surface area contributed by atoms with Gasteiger partial charge in [0.2, 0.25) is 0 Å². The highest BCUT2D eigenvalue weighted by atomic mass is 32.2. The monoisotopic (exact) mass is 392 g/mol. The summed E-state index contributed by atoms with van der Waals surface area (Å²) < 4.78 is 33.0. The Bertz CT molecular complexity index is 934. The van der Waals surface area contributed by atoms with E-state index in [0.717, 1.165) is 6.26 Å². The molecule has 144 valence electrons. The summed E-state index contributed by atoms with van der Waals surface area (Å²) in [7, 11) is -0.300. The molecule has 0 aromatic heterocycles. The smallest absolute Gasteiger partial charge is 0.269 e. The summed E-state index contributed by atoms with van der Waals surface area (Å²) in [5.74, 6) is -0.454. The van der Waals surface area contributed by atoms with Crippen LogP contribution in [0.3, 0.4) is 0 Å². The molecule has 2 amide bonds. The van der Waals surface area contributed by atoms with Gasteiger partial charge < -0.3 is 9.47 Å². The second-order valence-electron chi connectivity index (χ2n) is 5.78. The van der Waals surface area contributed by atoms with Gasteiger partial charge in [0.15, 0.2) is 9.84 Å². The third-order valence-corrected chi connectivity index (χ3v) is 4.38. The number of amides is 2. The fourth-order valence-corrected chi connectivity index (χ4v) is 3.09. The first-order valence-electron chi connectivity index (χ1n) is 7.82. The van der Waals surface area contributed by atoms with E-state index in [1.54, 1.807) is 18.2 Å². The predicted octanol–water partition coefficient (Wildman–Crippen LogP) is 1.32. The topological polar surface area (TPSA) is 111 Å². The lowest BCUT2D eigenvalue weighted by molar-refractivity contribution is 0.0846. The van der Waals surface area contributed by atoms with Gasteiger partial charge in [0.1, 0.15) is 11.5 Å². The van der Waals surface area contributed by atoms with Crippen molar-refractivity contribution in [1.29, 1.82) is 0 Å². The Labute approximate surface area is 157 Å². The van der Waals surface area contributed by atoms with Gasteiger partial charge in [-0.1, -0.05) is 12.1 Å². The minimum atomic E-state index is -3.22. The molecule has 2 N–H and O–H groups in total. The Balaban J connectivity index is 2.07. The number of hydrogen-bond donors (Lipinski definition) is 2. The van der Waals surface area contributed by atoms with Crippen molar-refractivity contribution in [2.45, 2.75) is 5.75 Å². The third-order valence-electron chi connectivity index (χ3n) is 3.52. The van der Waals surface area contributed by atoms with E-state index in [2.05, 4.69) is 10.9 Å². The Morgan fingerprint density at radius 1 is 0.889 bits per heavy atom. The van der Waals surface area contributed by atoms with Crippen LogP contribution < -0.4 is 20.3 Å². The molecular weight excluding hydrogens is 372 g/mol. The van der Waals surface area contributed by atoms with Crippen LogP contribution in [0.5, 0.6) is 11.5 Å². The zero-order chi connectivity index (χ0) is 20.0. The van der Waals surface area contributed by atoms with Crippen LogP contribution >= 0.6 is 0 Å². The molecule has 2 aromatic rings. The maximum atomic E-state index is 12.3. The van der Waals surface area contributed by atoms with Crippen molar-refractivity contribution in [2.24, 2.45) is 0 Å². The summed E-state index contributed by atoms with van der Waals surface area (Å²) in [6.07, 6.45) is 1.11. The molecular formula is C18H20N2O6S. The molecule has 2 aromatic carbocycles. The lowest BCUT2D eigenvalue weighted by atomic mass is 10.1. The van der Waals surface area contributed by atoms with E-state index in [4.69, 9.17) is 9.47 Å². The van der Waals surface area contributed by atoms with Crippen LogP contribution in [-0.2, 0) is 15.6 Å². The van der Waals surface area contributed by atoms with Crippen LogP contribution in [0.15, 0.2) is 42.5 Å². The van der Waals surface area contributed by atoms with Crippen LogP contribution in [0.4, 0.5) is 0 Å². The Hall–Kier alpha value is -3.07. The van der Waals surface area contributed by atoms with Gasteiger partial charge in [-0.25, -0.2) is 8.42 Å². The van der Waals surface area contributed by atoms with Crippen LogP contribution in [0, 0.1) is 0 Å². The summed E-state index contributed by atoms with van der Waals surface area (Å²) in [5, 5.41) is 0. The third kappa shape index (κ3) is 6.00. The van der Waals surface area contributed by atoms with Crippen molar-refractivity contribution in [3.05, 3.63) is 59.2 Å². The highest BCUT2D eigenvalue weighted by Crippen LogP contribution is 2.22. The number of nitrogens with one attached hydrogen (secondary N) is 2. The van der Waals surface area contributed by atoms with Crippen molar-refractivity contribution < 1.29 is 27.5 Å². The molecule has 0 spiro atoms. The van der Waals surface area contributed by atoms with E-state index in [9.17, 15) is 18.0 Å². The molecule has 0 bridgehead atoms. The number of carbonyl (C=O) groups is 2. The molecule has 0 heterocycles. The van der Waals surface area contributed by atoms with E-state index in [1.165, 1.54) is 38.5 Å². The highest BCUT2D eigenvalue weighted by molar-refractivity contribution is 7.89. The van der Waals surface area contributed by atoms with Crippen molar-refractivity contribution in [2.75, 3.05) is 20.5 Å². The van der Waals surface area contributed by atoms with Gasteiger partial charge in [0, 0.05) is 23.4 Å². The van der Waals surface area contributed by atoms with Gasteiger partial charge in [-0.05, 0) is 29.8 Å². The molecule has 0 aliphatic carbocycles. The second-order valence-corrected chi connectivity index (χ2v) is 7.92. The number of rotatable bonds is 6. The summed E-state index contributed by atoms with van der Waals surface area (Å²) in [6.45, 7) is 0. The zero-order valence-electron chi connectivity index (χ0n) is 15.1. The van der Waals surface area contributed by atoms with E-state index in [0.29, 0.717) is 17.1 Å². The first-order valence-corrected chi connectivity index (χ1v) is 9.88. The molecule has 0 aliphatic rings. The van der Waals surface area contributed by atoms with Crippen molar-refractivity contribution in [1.82, 2.24) is 10.9 Å². The molecule has 0 atom stereocenters. The zero-order valence-corrected chi connectivity index (χ0v) is 15.9. The Kier molecular flexibility index (Phi) is 6.40. The van der Waals surface area contributed by atoms with Gasteiger partial charge in [-0.2, -0.15) is 0 Å². The molecule has 0 saturated heterocycles. The van der Waals surface area contributed by atoms with Crippen molar-refractivity contribution in [3.8, 4) is 11.5 Å². The van der Waals surface area contributed by atoms with Crippen LogP contribution in [0.2, 0.25) is 0 Å². The van der Waals surface area contributed by atoms with E-state index in [-0.39, 0.29) is 16.9 Å². The normalized spacial score (nSPS) is 10.8. The van der Waals surface area contributed by atoms with Gasteiger partial charge in [0.25, 0.3) is 11.8 Å². The fourth-order valence-electron chi connectivity index (χ4n) is 2.30. The van der Waals surface area contributed by atoms with Gasteiger partial charge in [0.05, 0.1) is 20.0 Å². The number of ether oxygens (including phenoxy) is 2. The first kappa shape index (κ1) is 20.2. The first-order chi connectivity index (χ1) is 12.7. The maximum absolute atomic E-state index is 12.3. The maximum Gasteiger partial charge on any atom is 0.269 e. The summed E-state index contributed by atoms with van der Waals surface area (Å²) in [4.78, 5) is 24.5.